The van der Waals surface area contributed by atoms with E-state index in [1.54, 1.807) is 0 Å². The standard InChI is InChI=1S/C64H124O17P2/c1-8-10-11-12-13-14-24-31-38-45-61(66)74-51-59(80-63(68)47-40-33-26-19-16-22-29-36-43-56(5)6)53-78-82(70,71)76-49-58(65)50-77-83(72,73)79-54-60(52-75-62(67)46-39-32-25-18-15-21-28-35-42-55(3)4)81-64(69)48-41-34-27-20-17-23-30-37-44-57(7)9-2/h55-60,65H,8-54H2,1-7H3,(H,70,71)(H,72,73)/t57?,58-,59+,60+/m0/s1. The third kappa shape index (κ3) is 57.6. The molecule has 3 N–H and O–H groups in total. The normalized spacial score (nSPS) is 14.7. The Morgan fingerprint density at radius 3 is 0.916 bits per heavy atom. The molecule has 0 amide bonds. The highest BCUT2D eigenvalue weighted by atomic mass is 31.2. The van der Waals surface area contributed by atoms with E-state index >= 15 is 0 Å². The van der Waals surface area contributed by atoms with E-state index in [-0.39, 0.29) is 25.7 Å². The Hall–Kier alpha value is -1.94. The van der Waals surface area contributed by atoms with Crippen molar-refractivity contribution in [1.29, 1.82) is 0 Å². The highest BCUT2D eigenvalue weighted by Crippen LogP contribution is 2.45. The molecule has 0 rings (SSSR count). The first-order chi connectivity index (χ1) is 39.8. The van der Waals surface area contributed by atoms with Crippen LogP contribution < -0.4 is 0 Å². The van der Waals surface area contributed by atoms with Crippen LogP contribution in [0.4, 0.5) is 0 Å². The maximum absolute atomic E-state index is 13.0. The van der Waals surface area contributed by atoms with Crippen molar-refractivity contribution < 1.29 is 80.2 Å². The molecule has 3 unspecified atom stereocenters. The molecule has 19 heteroatoms. The lowest BCUT2D eigenvalue weighted by molar-refractivity contribution is -0.161. The van der Waals surface area contributed by atoms with E-state index in [1.165, 1.54) is 122 Å². The molecule has 0 aliphatic heterocycles. The van der Waals surface area contributed by atoms with Gasteiger partial charge in [-0.2, -0.15) is 0 Å². The minimum absolute atomic E-state index is 0.104. The van der Waals surface area contributed by atoms with Crippen LogP contribution in [0.3, 0.4) is 0 Å². The van der Waals surface area contributed by atoms with Gasteiger partial charge in [0, 0.05) is 25.7 Å². The zero-order valence-corrected chi connectivity index (χ0v) is 55.4. The summed E-state index contributed by atoms with van der Waals surface area (Å²) in [6.07, 6.45) is 36.2. The van der Waals surface area contributed by atoms with Crippen LogP contribution in [0.5, 0.6) is 0 Å². The predicted molar refractivity (Wildman–Crippen MR) is 331 cm³/mol. The van der Waals surface area contributed by atoms with Gasteiger partial charge in [-0.05, 0) is 43.4 Å². The van der Waals surface area contributed by atoms with E-state index in [9.17, 15) is 43.2 Å². The fourth-order valence-electron chi connectivity index (χ4n) is 9.45. The maximum Gasteiger partial charge on any atom is 0.472 e. The number of rotatable bonds is 62. The Balaban J connectivity index is 5.26. The van der Waals surface area contributed by atoms with E-state index in [0.717, 1.165) is 108 Å². The summed E-state index contributed by atoms with van der Waals surface area (Å²) >= 11 is 0. The van der Waals surface area contributed by atoms with Crippen molar-refractivity contribution in [1.82, 2.24) is 0 Å². The van der Waals surface area contributed by atoms with Crippen molar-refractivity contribution in [3.05, 3.63) is 0 Å². The number of hydrogen-bond acceptors (Lipinski definition) is 15. The van der Waals surface area contributed by atoms with Crippen molar-refractivity contribution in [2.45, 2.75) is 330 Å². The first kappa shape index (κ1) is 81.1. The summed E-state index contributed by atoms with van der Waals surface area (Å²) in [5.41, 5.74) is 0. The van der Waals surface area contributed by atoms with E-state index in [1.807, 2.05) is 0 Å². The van der Waals surface area contributed by atoms with Crippen LogP contribution in [-0.2, 0) is 65.4 Å². The van der Waals surface area contributed by atoms with Gasteiger partial charge in [0.2, 0.25) is 0 Å². The van der Waals surface area contributed by atoms with Gasteiger partial charge in [-0.15, -0.1) is 0 Å². The van der Waals surface area contributed by atoms with Gasteiger partial charge in [0.25, 0.3) is 0 Å². The van der Waals surface area contributed by atoms with Gasteiger partial charge >= 0.3 is 39.5 Å². The number of aliphatic hydroxyl groups excluding tert-OH is 1. The molecular formula is C64H124O17P2. The zero-order valence-electron chi connectivity index (χ0n) is 53.6. The molecule has 0 aliphatic carbocycles. The third-order valence-electron chi connectivity index (χ3n) is 15.0. The highest BCUT2D eigenvalue weighted by Gasteiger charge is 2.30. The molecule has 0 radical (unpaired) electrons. The van der Waals surface area contributed by atoms with Crippen LogP contribution in [0.25, 0.3) is 0 Å². The number of carbonyl (C=O) groups is 4. The van der Waals surface area contributed by atoms with Gasteiger partial charge < -0.3 is 33.8 Å². The number of carbonyl (C=O) groups excluding carboxylic acids is 4. The Morgan fingerprint density at radius 2 is 0.614 bits per heavy atom. The summed E-state index contributed by atoms with van der Waals surface area (Å²) in [7, 11) is -9.89. The molecule has 0 fully saturated rings. The Morgan fingerprint density at radius 1 is 0.349 bits per heavy atom. The molecule has 0 heterocycles. The molecule has 0 saturated carbocycles. The molecule has 17 nitrogen and oxygen atoms in total. The molecule has 83 heavy (non-hydrogen) atoms. The van der Waals surface area contributed by atoms with E-state index in [4.69, 9.17) is 37.0 Å². The van der Waals surface area contributed by atoms with Gasteiger partial charge in [-0.25, -0.2) is 9.13 Å². The van der Waals surface area contributed by atoms with Crippen LogP contribution in [0, 0.1) is 17.8 Å². The number of hydrogen-bond donors (Lipinski definition) is 3. The van der Waals surface area contributed by atoms with Crippen molar-refractivity contribution in [3.63, 3.8) is 0 Å². The zero-order chi connectivity index (χ0) is 61.7. The Kier molecular flexibility index (Phi) is 54.1. The van der Waals surface area contributed by atoms with E-state index < -0.39 is 97.5 Å². The Bertz CT molecular complexity index is 1650. The van der Waals surface area contributed by atoms with Crippen molar-refractivity contribution >= 4 is 39.5 Å². The maximum atomic E-state index is 13.0. The fraction of sp³-hybridized carbons (Fsp3) is 0.938. The van der Waals surface area contributed by atoms with E-state index in [0.29, 0.717) is 25.7 Å². The van der Waals surface area contributed by atoms with Crippen molar-refractivity contribution in [3.8, 4) is 0 Å². The minimum Gasteiger partial charge on any atom is -0.462 e. The topological polar surface area (TPSA) is 237 Å². The summed E-state index contributed by atoms with van der Waals surface area (Å²) < 4.78 is 68.0. The van der Waals surface area contributed by atoms with Gasteiger partial charge in [0.05, 0.1) is 26.4 Å². The fourth-order valence-corrected chi connectivity index (χ4v) is 11.0. The van der Waals surface area contributed by atoms with Gasteiger partial charge in [0.15, 0.2) is 12.2 Å². The first-order valence-electron chi connectivity index (χ1n) is 33.4. The number of phosphoric ester groups is 2. The second-order valence-electron chi connectivity index (χ2n) is 24.3. The lowest BCUT2D eigenvalue weighted by Crippen LogP contribution is -2.30. The lowest BCUT2D eigenvalue weighted by Gasteiger charge is -2.21. The molecular weight excluding hydrogens is 1100 g/mol. The molecule has 0 spiro atoms. The van der Waals surface area contributed by atoms with Gasteiger partial charge in [-0.3, -0.25) is 37.3 Å². The van der Waals surface area contributed by atoms with Crippen molar-refractivity contribution in [2.24, 2.45) is 17.8 Å². The second kappa shape index (κ2) is 55.4. The summed E-state index contributed by atoms with van der Waals surface area (Å²) in [6.45, 7) is 11.7. The highest BCUT2D eigenvalue weighted by molar-refractivity contribution is 7.47. The van der Waals surface area contributed by atoms with Gasteiger partial charge in [-0.1, -0.05) is 260 Å². The molecule has 0 aromatic heterocycles. The van der Waals surface area contributed by atoms with Crippen LogP contribution in [0.15, 0.2) is 0 Å². The largest absolute Gasteiger partial charge is 0.472 e. The molecule has 0 bridgehead atoms. The molecule has 0 aliphatic rings. The van der Waals surface area contributed by atoms with Crippen LogP contribution in [-0.4, -0.2) is 96.7 Å². The van der Waals surface area contributed by atoms with Crippen LogP contribution in [0.1, 0.15) is 312 Å². The Labute approximate surface area is 505 Å². The lowest BCUT2D eigenvalue weighted by atomic mass is 9.99. The number of unbranched alkanes of at least 4 members (excludes halogenated alkanes) is 29. The molecule has 492 valence electrons. The summed E-state index contributed by atoms with van der Waals surface area (Å²) in [5, 5.41) is 10.5. The number of ether oxygens (including phenoxy) is 4. The molecule has 0 aromatic carbocycles. The number of phosphoric acid groups is 2. The first-order valence-corrected chi connectivity index (χ1v) is 36.4. The second-order valence-corrected chi connectivity index (χ2v) is 27.3. The molecule has 0 saturated heterocycles. The molecule has 6 atom stereocenters. The van der Waals surface area contributed by atoms with Crippen LogP contribution in [0.2, 0.25) is 0 Å². The average Bonchev–Trinajstić information content (AvgIpc) is 3.44. The smallest absolute Gasteiger partial charge is 0.462 e. The monoisotopic (exact) mass is 1230 g/mol. The third-order valence-corrected chi connectivity index (χ3v) is 16.9. The summed E-state index contributed by atoms with van der Waals surface area (Å²) in [5.74, 6) is 0.0751. The molecule has 0 aromatic rings. The number of aliphatic hydroxyl groups is 1. The average molecular weight is 1230 g/mol. The van der Waals surface area contributed by atoms with Gasteiger partial charge in [0.1, 0.15) is 19.3 Å². The minimum atomic E-state index is -4.94. The predicted octanol–water partition coefficient (Wildman–Crippen LogP) is 17.5. The van der Waals surface area contributed by atoms with E-state index in [2.05, 4.69) is 48.5 Å². The van der Waals surface area contributed by atoms with Crippen LogP contribution >= 0.6 is 15.6 Å². The quantitative estimate of drug-likeness (QED) is 0.0222. The summed E-state index contributed by atoms with van der Waals surface area (Å²) in [6, 6.07) is 0. The van der Waals surface area contributed by atoms with Crippen molar-refractivity contribution in [2.75, 3.05) is 39.6 Å². The summed E-state index contributed by atoms with van der Waals surface area (Å²) in [4.78, 5) is 72.2. The SMILES string of the molecule is CCCCCCCCCCCC(=O)OC[C@H](COP(=O)(O)OC[C@H](O)COP(=O)(O)OC[C@@H](COC(=O)CCCCCCCCCCC(C)C)OC(=O)CCCCCCCCCCC(C)CC)OC(=O)CCCCCCCCCCC(C)C. The number of esters is 4.